The molecule has 0 aliphatic heterocycles. The van der Waals surface area contributed by atoms with Gasteiger partial charge in [0.25, 0.3) is 17.6 Å². The molecule has 5 rings (SSSR count). The van der Waals surface area contributed by atoms with Gasteiger partial charge in [-0.15, -0.1) is 0 Å². The molecule has 0 fully saturated rings. The van der Waals surface area contributed by atoms with Crippen LogP contribution < -0.4 is 10.6 Å². The van der Waals surface area contributed by atoms with Crippen LogP contribution in [-0.2, 0) is 4.79 Å². The second-order valence-electron chi connectivity index (χ2n) is 9.87. The summed E-state index contributed by atoms with van der Waals surface area (Å²) >= 11 is 0. The van der Waals surface area contributed by atoms with Crippen molar-refractivity contribution in [2.75, 3.05) is 52.6 Å². The van der Waals surface area contributed by atoms with E-state index in [0.29, 0.717) is 19.0 Å². The Morgan fingerprint density at radius 3 is 2.63 bits per heavy atom. The lowest BCUT2D eigenvalue weighted by molar-refractivity contribution is -0.116. The number of ketones is 1. The van der Waals surface area contributed by atoms with E-state index in [1.165, 1.54) is 16.9 Å². The van der Waals surface area contributed by atoms with Gasteiger partial charge < -0.3 is 25.4 Å². The number of halogens is 1. The van der Waals surface area contributed by atoms with Crippen molar-refractivity contribution in [3.05, 3.63) is 65.9 Å². The number of Topliss-reactive ketones (excluding diaryl/α,β-unsaturated/α-hetero) is 1. The highest BCUT2D eigenvalue weighted by Crippen LogP contribution is 2.29. The third kappa shape index (κ3) is 6.23. The first-order valence-electron chi connectivity index (χ1n) is 13.3. The maximum atomic E-state index is 14.9. The van der Waals surface area contributed by atoms with Gasteiger partial charge in [-0.25, -0.2) is 9.37 Å². The zero-order valence-electron chi connectivity index (χ0n) is 23.6. The third-order valence-corrected chi connectivity index (χ3v) is 6.56. The molecule has 4 aromatic heterocycles. The highest BCUT2D eigenvalue weighted by Gasteiger charge is 2.25. The van der Waals surface area contributed by atoms with E-state index >= 15 is 0 Å². The van der Waals surface area contributed by atoms with E-state index in [4.69, 9.17) is 0 Å². The van der Waals surface area contributed by atoms with E-state index in [9.17, 15) is 18.8 Å². The zero-order chi connectivity index (χ0) is 30.5. The fraction of sp³-hybridized carbons (Fsp3) is 0.259. The molecule has 0 saturated heterocycles. The van der Waals surface area contributed by atoms with Crippen LogP contribution in [-0.4, -0.2) is 115 Å². The zero-order valence-corrected chi connectivity index (χ0v) is 23.6. The Bertz CT molecular complexity index is 1760. The molecular weight excluding hydrogens is 559 g/mol. The van der Waals surface area contributed by atoms with Crippen molar-refractivity contribution in [2.24, 2.45) is 0 Å². The lowest BCUT2D eigenvalue weighted by Gasteiger charge is -2.18. The van der Waals surface area contributed by atoms with Crippen LogP contribution in [0.25, 0.3) is 28.0 Å². The van der Waals surface area contributed by atoms with Crippen LogP contribution in [0.2, 0.25) is 0 Å². The van der Waals surface area contributed by atoms with E-state index in [1.54, 1.807) is 11.9 Å². The van der Waals surface area contributed by atoms with Crippen LogP contribution in [0.3, 0.4) is 0 Å². The topological polar surface area (TPSA) is 183 Å². The molecule has 222 valence electrons. The number of para-hydroxylation sites is 1. The first-order chi connectivity index (χ1) is 20.7. The van der Waals surface area contributed by atoms with Gasteiger partial charge in [-0.2, -0.15) is 9.78 Å². The van der Waals surface area contributed by atoms with Crippen LogP contribution in [0.5, 0.6) is 0 Å². The Balaban J connectivity index is 1.25. The van der Waals surface area contributed by atoms with Crippen molar-refractivity contribution >= 4 is 34.4 Å². The number of nitrogens with zero attached hydrogens (tertiary/aromatic N) is 8. The number of carbonyl (C=O) groups is 3. The molecule has 4 N–H and O–H groups in total. The van der Waals surface area contributed by atoms with E-state index in [-0.39, 0.29) is 52.5 Å². The van der Waals surface area contributed by atoms with Gasteiger partial charge in [0, 0.05) is 39.4 Å². The number of hydrogen-bond donors (Lipinski definition) is 4. The summed E-state index contributed by atoms with van der Waals surface area (Å²) in [6.45, 7) is 1.47. The number of H-pyrrole nitrogens is 2. The molecule has 0 radical (unpaired) electrons. The summed E-state index contributed by atoms with van der Waals surface area (Å²) in [5.74, 6) is -2.56. The van der Waals surface area contributed by atoms with Crippen molar-refractivity contribution in [3.8, 4) is 17.1 Å². The summed E-state index contributed by atoms with van der Waals surface area (Å²) < 4.78 is 16.4. The number of rotatable bonds is 12. The van der Waals surface area contributed by atoms with Crippen LogP contribution in [0.1, 0.15) is 20.8 Å². The minimum atomic E-state index is -0.933. The number of benzene rings is 1. The molecule has 5 aromatic rings. The molecule has 16 heteroatoms. The molecule has 2 amide bonds. The smallest absolute Gasteiger partial charge is 0.292 e. The molecule has 0 spiro atoms. The molecule has 0 atom stereocenters. The molecule has 15 nitrogen and oxygen atoms in total. The van der Waals surface area contributed by atoms with Gasteiger partial charge in [0.2, 0.25) is 5.95 Å². The monoisotopic (exact) mass is 588 g/mol. The second kappa shape index (κ2) is 12.6. The summed E-state index contributed by atoms with van der Waals surface area (Å²) in [6, 6.07) is 10.7. The van der Waals surface area contributed by atoms with Crippen LogP contribution in [0.4, 0.5) is 10.3 Å². The first-order valence-corrected chi connectivity index (χ1v) is 13.3. The Morgan fingerprint density at radius 1 is 1.07 bits per heavy atom. The standard InChI is InChI=1S/C27H29FN12O3/c1-38(2)11-12-39(3)26(43)20-13-19(33-34-20)22-23-21(18(28)15-32-22)17(14-31-23)24(41)25(42)29-9-10-30-27-35-36-37-40(27)16-7-5-4-6-8-16/h4-8,13-15,31H,9-12H2,1-3H3,(H,29,42)(H,33,34)(H,30,35,37). The van der Waals surface area contributed by atoms with Gasteiger partial charge in [-0.1, -0.05) is 23.3 Å². The Hall–Kier alpha value is -5.51. The number of nitrogens with one attached hydrogen (secondary N) is 4. The first kappa shape index (κ1) is 29.0. The van der Waals surface area contributed by atoms with E-state index < -0.39 is 17.5 Å². The molecule has 0 bridgehead atoms. The van der Waals surface area contributed by atoms with E-state index in [0.717, 1.165) is 11.9 Å². The Morgan fingerprint density at radius 2 is 1.86 bits per heavy atom. The van der Waals surface area contributed by atoms with Gasteiger partial charge in [-0.05, 0) is 42.7 Å². The van der Waals surface area contributed by atoms with Gasteiger partial charge in [0.1, 0.15) is 17.1 Å². The fourth-order valence-electron chi connectivity index (χ4n) is 4.28. The largest absolute Gasteiger partial charge is 0.359 e. The summed E-state index contributed by atoms with van der Waals surface area (Å²) in [4.78, 5) is 49.0. The number of likely N-dealkylation sites (N-methyl/N-ethyl adjacent to an activating group) is 2. The quantitative estimate of drug-likeness (QED) is 0.0936. The average molecular weight is 589 g/mol. The number of pyridine rings is 1. The molecule has 0 aliphatic rings. The van der Waals surface area contributed by atoms with Gasteiger partial charge in [-0.3, -0.25) is 19.5 Å². The van der Waals surface area contributed by atoms with Crippen molar-refractivity contribution in [3.63, 3.8) is 0 Å². The molecule has 0 unspecified atom stereocenters. The van der Waals surface area contributed by atoms with Crippen molar-refractivity contribution in [1.82, 2.24) is 55.5 Å². The molecule has 0 aliphatic carbocycles. The maximum Gasteiger partial charge on any atom is 0.292 e. The molecule has 43 heavy (non-hydrogen) atoms. The number of fused-ring (bicyclic) bond motifs is 1. The molecule has 0 saturated carbocycles. The Kier molecular flexibility index (Phi) is 8.47. The molecular formula is C27H29FN12O3. The molecule has 4 heterocycles. The van der Waals surface area contributed by atoms with Crippen molar-refractivity contribution in [1.29, 1.82) is 0 Å². The van der Waals surface area contributed by atoms with Crippen molar-refractivity contribution < 1.29 is 18.8 Å². The van der Waals surface area contributed by atoms with E-state index in [2.05, 4.69) is 46.3 Å². The number of aromatic nitrogens is 8. The van der Waals surface area contributed by atoms with E-state index in [1.807, 2.05) is 49.3 Å². The highest BCUT2D eigenvalue weighted by molar-refractivity contribution is 6.45. The van der Waals surface area contributed by atoms with Crippen molar-refractivity contribution in [2.45, 2.75) is 0 Å². The molecule has 1 aromatic carbocycles. The summed E-state index contributed by atoms with van der Waals surface area (Å²) in [5, 5.41) is 23.8. The number of tetrazole rings is 1. The number of carbonyl (C=O) groups excluding carboxylic acids is 3. The highest BCUT2D eigenvalue weighted by atomic mass is 19.1. The predicted molar refractivity (Wildman–Crippen MR) is 154 cm³/mol. The minimum absolute atomic E-state index is 0.0664. The normalized spacial score (nSPS) is 11.2. The Labute approximate surface area is 244 Å². The van der Waals surface area contributed by atoms with Gasteiger partial charge >= 0.3 is 0 Å². The maximum absolute atomic E-state index is 14.9. The summed E-state index contributed by atoms with van der Waals surface area (Å²) in [5.41, 5.74) is 1.45. The summed E-state index contributed by atoms with van der Waals surface area (Å²) in [7, 11) is 5.50. The van der Waals surface area contributed by atoms with Crippen LogP contribution in [0.15, 0.2) is 48.8 Å². The average Bonchev–Trinajstić information content (AvgIpc) is 3.78. The van der Waals surface area contributed by atoms with Gasteiger partial charge in [0.15, 0.2) is 5.82 Å². The van der Waals surface area contributed by atoms with Crippen LogP contribution in [0, 0.1) is 5.82 Å². The lowest BCUT2D eigenvalue weighted by atomic mass is 10.1. The minimum Gasteiger partial charge on any atom is -0.359 e. The number of amides is 2. The third-order valence-electron chi connectivity index (χ3n) is 6.56. The SMILES string of the molecule is CN(C)CCN(C)C(=O)c1cc(-c2ncc(F)c3c(C(=O)C(=O)NCCNc4nnnn4-c4ccccc4)c[nH]c23)n[nH]1. The lowest BCUT2D eigenvalue weighted by Crippen LogP contribution is -2.34. The summed E-state index contributed by atoms with van der Waals surface area (Å²) in [6.07, 6.45) is 2.20. The second-order valence-corrected chi connectivity index (χ2v) is 9.87. The fourth-order valence-corrected chi connectivity index (χ4v) is 4.28. The van der Waals surface area contributed by atoms with Gasteiger partial charge in [0.05, 0.1) is 28.4 Å². The van der Waals surface area contributed by atoms with Crippen LogP contribution >= 0.6 is 0 Å². The number of hydrogen-bond acceptors (Lipinski definition) is 10. The number of anilines is 1. The predicted octanol–water partition coefficient (Wildman–Crippen LogP) is 1.11. The number of aromatic amines is 2.